The van der Waals surface area contributed by atoms with Crippen LogP contribution < -0.4 is 10.4 Å². The molecule has 1 aliphatic rings. The number of piperidine rings is 1. The highest BCUT2D eigenvalue weighted by Gasteiger charge is 2.27. The Morgan fingerprint density at radius 3 is 2.88 bits per heavy atom. The van der Waals surface area contributed by atoms with E-state index in [1.165, 1.54) is 7.11 Å². The number of rotatable bonds is 5. The van der Waals surface area contributed by atoms with Gasteiger partial charge in [-0.1, -0.05) is 11.6 Å². The predicted molar refractivity (Wildman–Crippen MR) is 120 cm³/mol. The summed E-state index contributed by atoms with van der Waals surface area (Å²) >= 11 is 6.07. The lowest BCUT2D eigenvalue weighted by Gasteiger charge is -2.32. The number of hydrogen-bond acceptors (Lipinski definition) is 7. The molecule has 0 spiro atoms. The van der Waals surface area contributed by atoms with E-state index >= 15 is 0 Å². The summed E-state index contributed by atoms with van der Waals surface area (Å²) in [5.74, 6) is 0.904. The molecular weight excluding hydrogens is 448 g/mol. The van der Waals surface area contributed by atoms with Gasteiger partial charge in [-0.25, -0.2) is 9.78 Å². The van der Waals surface area contributed by atoms with Crippen LogP contribution in [0.25, 0.3) is 22.6 Å². The highest BCUT2D eigenvalue weighted by atomic mass is 35.5. The van der Waals surface area contributed by atoms with Crippen LogP contribution in [0.15, 0.2) is 45.7 Å². The first-order valence-corrected chi connectivity index (χ1v) is 10.9. The molecule has 0 radical (unpaired) electrons. The Balaban J connectivity index is 1.25. The number of aromatic nitrogens is 5. The van der Waals surface area contributed by atoms with Gasteiger partial charge in [0.2, 0.25) is 11.8 Å². The maximum atomic E-state index is 12.8. The fourth-order valence-electron chi connectivity index (χ4n) is 4.22. The second-order valence-corrected chi connectivity index (χ2v) is 8.24. The molecule has 1 saturated heterocycles. The highest BCUT2D eigenvalue weighted by Crippen LogP contribution is 2.32. The number of likely N-dealkylation sites (tertiary alicyclic amines) is 1. The van der Waals surface area contributed by atoms with Crippen LogP contribution in [0, 0.1) is 0 Å². The first kappa shape index (κ1) is 21.2. The summed E-state index contributed by atoms with van der Waals surface area (Å²) in [4.78, 5) is 34.0. The normalized spacial score (nSPS) is 14.7. The van der Waals surface area contributed by atoms with Crippen molar-refractivity contribution in [2.45, 2.75) is 25.3 Å². The van der Waals surface area contributed by atoms with Gasteiger partial charge in [-0.15, -0.1) is 10.2 Å². The van der Waals surface area contributed by atoms with E-state index < -0.39 is 0 Å². The van der Waals surface area contributed by atoms with Crippen molar-refractivity contribution in [3.8, 4) is 17.2 Å². The van der Waals surface area contributed by atoms with Crippen molar-refractivity contribution in [2.75, 3.05) is 20.2 Å². The van der Waals surface area contributed by atoms with Crippen molar-refractivity contribution in [1.29, 1.82) is 0 Å². The number of nitrogens with one attached hydrogen (secondary N) is 1. The smallest absolute Gasteiger partial charge is 0.327 e. The molecule has 5 rings (SSSR count). The third-order valence-corrected chi connectivity index (χ3v) is 6.07. The van der Waals surface area contributed by atoms with Gasteiger partial charge in [0, 0.05) is 30.4 Å². The summed E-state index contributed by atoms with van der Waals surface area (Å²) in [6.45, 7) is 1.07. The van der Waals surface area contributed by atoms with Gasteiger partial charge in [0.15, 0.2) is 5.65 Å². The minimum Gasteiger partial charge on any atom is -0.496 e. The molecule has 0 saturated carbocycles. The lowest BCUT2D eigenvalue weighted by Crippen LogP contribution is -2.41. The minimum absolute atomic E-state index is 0.00248. The zero-order valence-electron chi connectivity index (χ0n) is 17.8. The number of aromatic amines is 1. The number of H-pyrrole nitrogens is 1. The third-order valence-electron chi connectivity index (χ3n) is 5.83. The second kappa shape index (κ2) is 8.70. The van der Waals surface area contributed by atoms with E-state index in [0.29, 0.717) is 47.9 Å². The number of hydrogen-bond donors (Lipinski definition) is 1. The first-order chi connectivity index (χ1) is 16.0. The molecule has 1 aromatic carbocycles. The van der Waals surface area contributed by atoms with Crippen LogP contribution in [0.2, 0.25) is 5.02 Å². The standard InChI is InChI=1S/C22H21ClN6O4/c1-32-17-5-4-13(23)11-15(17)21-27-26-18(33-21)12-19(30)28-9-6-14(7-10-28)29-16-3-2-8-24-20(16)25-22(29)31/h2-5,8,11,14H,6-7,9-10,12H2,1H3,(H,24,25,31). The van der Waals surface area contributed by atoms with Crippen LogP contribution in [0.4, 0.5) is 0 Å². The lowest BCUT2D eigenvalue weighted by atomic mass is 10.0. The maximum absolute atomic E-state index is 12.8. The van der Waals surface area contributed by atoms with Crippen LogP contribution >= 0.6 is 11.6 Å². The van der Waals surface area contributed by atoms with E-state index in [2.05, 4.69) is 20.2 Å². The van der Waals surface area contributed by atoms with Crippen molar-refractivity contribution < 1.29 is 13.9 Å². The number of carbonyl (C=O) groups excluding carboxylic acids is 1. The SMILES string of the molecule is COc1ccc(Cl)cc1-c1nnc(CC(=O)N2CCC(n3c(=O)[nH]c4ncccc43)CC2)o1. The third kappa shape index (κ3) is 4.09. The molecule has 1 fully saturated rings. The van der Waals surface area contributed by atoms with E-state index in [0.717, 1.165) is 5.52 Å². The molecule has 10 nitrogen and oxygen atoms in total. The molecular formula is C22H21ClN6O4. The fraction of sp³-hybridized carbons (Fsp3) is 0.318. The Kier molecular flexibility index (Phi) is 5.59. The second-order valence-electron chi connectivity index (χ2n) is 7.81. The maximum Gasteiger partial charge on any atom is 0.327 e. The van der Waals surface area contributed by atoms with E-state index in [9.17, 15) is 9.59 Å². The van der Waals surface area contributed by atoms with E-state index in [-0.39, 0.29) is 35.8 Å². The van der Waals surface area contributed by atoms with Crippen molar-refractivity contribution in [3.63, 3.8) is 0 Å². The van der Waals surface area contributed by atoms with Gasteiger partial charge in [0.1, 0.15) is 12.2 Å². The topological polar surface area (TPSA) is 119 Å². The first-order valence-electron chi connectivity index (χ1n) is 10.5. The summed E-state index contributed by atoms with van der Waals surface area (Å²) in [6, 6.07) is 8.78. The van der Waals surface area contributed by atoms with Crippen molar-refractivity contribution in [1.82, 2.24) is 29.6 Å². The van der Waals surface area contributed by atoms with Crippen LogP contribution in [0.1, 0.15) is 24.8 Å². The van der Waals surface area contributed by atoms with Crippen molar-refractivity contribution >= 4 is 28.7 Å². The van der Waals surface area contributed by atoms with Crippen LogP contribution in [-0.2, 0) is 11.2 Å². The number of ether oxygens (including phenoxy) is 1. The van der Waals surface area contributed by atoms with Gasteiger partial charge in [0.05, 0.1) is 18.2 Å². The fourth-order valence-corrected chi connectivity index (χ4v) is 4.39. The Morgan fingerprint density at radius 2 is 2.09 bits per heavy atom. The number of carbonyl (C=O) groups is 1. The molecule has 4 aromatic rings. The molecule has 1 amide bonds. The molecule has 170 valence electrons. The lowest BCUT2D eigenvalue weighted by molar-refractivity contribution is -0.132. The molecule has 0 aliphatic carbocycles. The zero-order valence-corrected chi connectivity index (χ0v) is 18.6. The molecule has 1 N–H and O–H groups in total. The van der Waals surface area contributed by atoms with Crippen molar-refractivity contribution in [3.05, 3.63) is 57.9 Å². The molecule has 0 unspecified atom stereocenters. The number of methoxy groups -OCH3 is 1. The van der Waals surface area contributed by atoms with Gasteiger partial charge in [0.25, 0.3) is 5.89 Å². The van der Waals surface area contributed by atoms with Gasteiger partial charge >= 0.3 is 5.69 Å². The Hall–Kier alpha value is -3.66. The molecule has 1 aliphatic heterocycles. The minimum atomic E-state index is -0.177. The number of halogens is 1. The molecule has 11 heteroatoms. The summed E-state index contributed by atoms with van der Waals surface area (Å²) < 4.78 is 12.8. The van der Waals surface area contributed by atoms with Gasteiger partial charge in [-0.05, 0) is 43.2 Å². The largest absolute Gasteiger partial charge is 0.496 e. The summed E-state index contributed by atoms with van der Waals surface area (Å²) in [6.07, 6.45) is 2.98. The summed E-state index contributed by atoms with van der Waals surface area (Å²) in [5, 5.41) is 8.57. The van der Waals surface area contributed by atoms with Crippen molar-refractivity contribution in [2.24, 2.45) is 0 Å². The monoisotopic (exact) mass is 468 g/mol. The summed E-state index contributed by atoms with van der Waals surface area (Å²) in [5.41, 5.74) is 1.74. The molecule has 0 bridgehead atoms. The molecule has 0 atom stereocenters. The number of pyridine rings is 1. The van der Waals surface area contributed by atoms with Gasteiger partial charge < -0.3 is 14.1 Å². The number of amides is 1. The number of imidazole rings is 1. The molecule has 4 heterocycles. The number of benzene rings is 1. The average molecular weight is 469 g/mol. The Labute approximate surface area is 193 Å². The van der Waals surface area contributed by atoms with Crippen LogP contribution in [-0.4, -0.2) is 55.7 Å². The summed E-state index contributed by atoms with van der Waals surface area (Å²) in [7, 11) is 1.54. The zero-order chi connectivity index (χ0) is 22.9. The van der Waals surface area contributed by atoms with Gasteiger partial charge in [-0.2, -0.15) is 0 Å². The Morgan fingerprint density at radius 1 is 1.27 bits per heavy atom. The Bertz CT molecular complexity index is 1370. The van der Waals surface area contributed by atoms with E-state index in [4.69, 9.17) is 20.8 Å². The van der Waals surface area contributed by atoms with Gasteiger partial charge in [-0.3, -0.25) is 14.3 Å². The van der Waals surface area contributed by atoms with Crippen LogP contribution in [0.5, 0.6) is 5.75 Å². The number of nitrogens with zero attached hydrogens (tertiary/aromatic N) is 5. The molecule has 33 heavy (non-hydrogen) atoms. The quantitative estimate of drug-likeness (QED) is 0.478. The predicted octanol–water partition coefficient (Wildman–Crippen LogP) is 2.84. The van der Waals surface area contributed by atoms with Crippen LogP contribution in [0.3, 0.4) is 0 Å². The number of fused-ring (bicyclic) bond motifs is 1. The van der Waals surface area contributed by atoms with E-state index in [1.807, 2.05) is 12.1 Å². The molecule has 3 aromatic heterocycles. The average Bonchev–Trinajstić information content (AvgIpc) is 3.42. The highest BCUT2D eigenvalue weighted by molar-refractivity contribution is 6.30. The van der Waals surface area contributed by atoms with E-state index in [1.54, 1.807) is 33.9 Å².